The van der Waals surface area contributed by atoms with E-state index in [0.29, 0.717) is 22.9 Å². The van der Waals surface area contributed by atoms with Gasteiger partial charge in [0.05, 0.1) is 10.6 Å². The van der Waals surface area contributed by atoms with Crippen molar-refractivity contribution in [3.8, 4) is 5.75 Å². The number of ether oxygens (including phenoxy) is 1. The van der Waals surface area contributed by atoms with Gasteiger partial charge in [0.15, 0.2) is 0 Å². The van der Waals surface area contributed by atoms with Crippen molar-refractivity contribution in [1.29, 1.82) is 0 Å². The molecule has 148 valence electrons. The van der Waals surface area contributed by atoms with Crippen LogP contribution in [0.2, 0.25) is 5.02 Å². The number of aromatic nitrogens is 1. The van der Waals surface area contributed by atoms with Crippen LogP contribution in [0, 0.1) is 13.8 Å². The van der Waals surface area contributed by atoms with Crippen LogP contribution in [0.3, 0.4) is 0 Å². The van der Waals surface area contributed by atoms with Crippen LogP contribution in [0.25, 0.3) is 0 Å². The Morgan fingerprint density at radius 2 is 1.69 bits per heavy atom. The summed E-state index contributed by atoms with van der Waals surface area (Å²) in [5.41, 5.74) is 8.06. The van der Waals surface area contributed by atoms with E-state index < -0.39 is 11.8 Å². The van der Waals surface area contributed by atoms with Gasteiger partial charge in [-0.2, -0.15) is 0 Å². The maximum atomic E-state index is 12.5. The lowest BCUT2D eigenvalue weighted by Crippen LogP contribution is -2.41. The normalized spacial score (nSPS) is 10.3. The lowest BCUT2D eigenvalue weighted by atomic mass is 10.1. The predicted molar refractivity (Wildman–Crippen MR) is 111 cm³/mol. The molecular weight excluding hydrogens is 390 g/mol. The molecule has 0 aliphatic heterocycles. The molecule has 0 aliphatic carbocycles. The number of halogens is 1. The molecule has 2 amide bonds. The second-order valence-corrected chi connectivity index (χ2v) is 6.88. The monoisotopic (exact) mass is 409 g/mol. The van der Waals surface area contributed by atoms with Crippen LogP contribution in [0.5, 0.6) is 5.75 Å². The molecule has 3 aromatic rings. The molecular formula is C22H20ClN3O3. The second kappa shape index (κ2) is 9.21. The highest BCUT2D eigenvalue weighted by Crippen LogP contribution is 2.25. The minimum Gasteiger partial charge on any atom is -0.488 e. The van der Waals surface area contributed by atoms with E-state index in [1.165, 1.54) is 0 Å². The third-order valence-electron chi connectivity index (χ3n) is 4.24. The summed E-state index contributed by atoms with van der Waals surface area (Å²) in [6.45, 7) is 4.12. The lowest BCUT2D eigenvalue weighted by molar-refractivity contribution is 0.0846. The van der Waals surface area contributed by atoms with Gasteiger partial charge in [-0.25, -0.2) is 0 Å². The molecule has 7 heteroatoms. The largest absolute Gasteiger partial charge is 0.488 e. The van der Waals surface area contributed by atoms with Crippen LogP contribution < -0.4 is 15.6 Å². The van der Waals surface area contributed by atoms with Crippen molar-refractivity contribution >= 4 is 23.4 Å². The fraction of sp³-hybridized carbons (Fsp3) is 0.136. The number of carbonyl (C=O) groups is 2. The summed E-state index contributed by atoms with van der Waals surface area (Å²) < 4.78 is 5.90. The molecule has 2 aromatic carbocycles. The molecule has 0 atom stereocenters. The van der Waals surface area contributed by atoms with Gasteiger partial charge >= 0.3 is 0 Å². The van der Waals surface area contributed by atoms with Gasteiger partial charge in [0.2, 0.25) is 0 Å². The first-order chi connectivity index (χ1) is 14.0. The Bertz CT molecular complexity index is 1020. The number of rotatable bonds is 5. The summed E-state index contributed by atoms with van der Waals surface area (Å²) in [5.74, 6) is -0.213. The number of nitrogens with one attached hydrogen (secondary N) is 2. The van der Waals surface area contributed by atoms with E-state index in [4.69, 9.17) is 16.3 Å². The molecule has 0 saturated carbocycles. The molecule has 0 saturated heterocycles. The minimum atomic E-state index is -0.492. The SMILES string of the molecule is Cc1cc(C(=O)NNC(=O)c2ccccc2Cl)cc(C)c1OCc1cccnc1. The van der Waals surface area contributed by atoms with Crippen molar-refractivity contribution in [3.05, 3.63) is 93.8 Å². The first-order valence-electron chi connectivity index (χ1n) is 8.94. The van der Waals surface area contributed by atoms with Crippen LogP contribution >= 0.6 is 11.6 Å². The summed E-state index contributed by atoms with van der Waals surface area (Å²) in [6, 6.07) is 13.8. The van der Waals surface area contributed by atoms with Gasteiger partial charge in [-0.15, -0.1) is 0 Å². The maximum Gasteiger partial charge on any atom is 0.271 e. The van der Waals surface area contributed by atoms with Gasteiger partial charge in [0.25, 0.3) is 11.8 Å². The summed E-state index contributed by atoms with van der Waals surface area (Å²) in [4.78, 5) is 28.7. The minimum absolute atomic E-state index is 0.279. The van der Waals surface area contributed by atoms with E-state index in [1.807, 2.05) is 26.0 Å². The van der Waals surface area contributed by atoms with E-state index in [2.05, 4.69) is 15.8 Å². The Labute approximate surface area is 173 Å². The molecule has 0 bridgehead atoms. The van der Waals surface area contributed by atoms with E-state index in [1.54, 1.807) is 48.8 Å². The van der Waals surface area contributed by atoms with E-state index in [0.717, 1.165) is 16.7 Å². The van der Waals surface area contributed by atoms with Gasteiger partial charge in [-0.1, -0.05) is 29.8 Å². The number of hydrogen-bond acceptors (Lipinski definition) is 4. The highest BCUT2D eigenvalue weighted by molar-refractivity contribution is 6.33. The Kier molecular flexibility index (Phi) is 6.46. The van der Waals surface area contributed by atoms with Gasteiger partial charge in [0.1, 0.15) is 12.4 Å². The number of hydrogen-bond donors (Lipinski definition) is 2. The Morgan fingerprint density at radius 3 is 2.34 bits per heavy atom. The molecule has 0 spiro atoms. The van der Waals surface area contributed by atoms with Crippen molar-refractivity contribution in [1.82, 2.24) is 15.8 Å². The number of pyridine rings is 1. The lowest BCUT2D eigenvalue weighted by Gasteiger charge is -2.14. The molecule has 0 radical (unpaired) electrons. The van der Waals surface area contributed by atoms with Crippen molar-refractivity contribution in [2.75, 3.05) is 0 Å². The van der Waals surface area contributed by atoms with E-state index in [9.17, 15) is 9.59 Å². The number of carbonyl (C=O) groups excluding carboxylic acids is 2. The molecule has 0 fully saturated rings. The maximum absolute atomic E-state index is 12.5. The molecule has 2 N–H and O–H groups in total. The molecule has 0 aliphatic rings. The van der Waals surface area contributed by atoms with Crippen molar-refractivity contribution in [2.24, 2.45) is 0 Å². The van der Waals surface area contributed by atoms with Crippen molar-refractivity contribution < 1.29 is 14.3 Å². The summed E-state index contributed by atoms with van der Waals surface area (Å²) >= 11 is 5.99. The first kappa shape index (κ1) is 20.4. The third-order valence-corrected chi connectivity index (χ3v) is 4.57. The predicted octanol–water partition coefficient (Wildman–Crippen LogP) is 4.01. The average Bonchev–Trinajstić information content (AvgIpc) is 2.72. The average molecular weight is 410 g/mol. The van der Waals surface area contributed by atoms with Crippen molar-refractivity contribution in [2.45, 2.75) is 20.5 Å². The summed E-state index contributed by atoms with van der Waals surface area (Å²) in [7, 11) is 0. The van der Waals surface area contributed by atoms with E-state index >= 15 is 0 Å². The van der Waals surface area contributed by atoms with Crippen LogP contribution in [0.4, 0.5) is 0 Å². The zero-order valence-electron chi connectivity index (χ0n) is 16.0. The van der Waals surface area contributed by atoms with Gasteiger partial charge in [-0.05, 0) is 55.3 Å². The van der Waals surface area contributed by atoms with Crippen molar-refractivity contribution in [3.63, 3.8) is 0 Å². The number of nitrogens with zero attached hydrogens (tertiary/aromatic N) is 1. The first-order valence-corrected chi connectivity index (χ1v) is 9.31. The molecule has 3 rings (SSSR count). The van der Waals surface area contributed by atoms with Gasteiger partial charge in [-0.3, -0.25) is 25.4 Å². The van der Waals surface area contributed by atoms with Crippen LogP contribution in [0.1, 0.15) is 37.4 Å². The fourth-order valence-electron chi connectivity index (χ4n) is 2.85. The molecule has 1 heterocycles. The standard InChI is InChI=1S/C22H20ClN3O3/c1-14-10-17(11-15(2)20(14)29-13-16-6-5-9-24-12-16)21(27)25-26-22(28)18-7-3-4-8-19(18)23/h3-12H,13H2,1-2H3,(H,25,27)(H,26,28). The smallest absolute Gasteiger partial charge is 0.271 e. The van der Waals surface area contributed by atoms with Gasteiger partial charge < -0.3 is 4.74 Å². The molecule has 1 aromatic heterocycles. The topological polar surface area (TPSA) is 80.3 Å². The van der Waals surface area contributed by atoms with Crippen LogP contribution in [-0.2, 0) is 6.61 Å². The Hall–Kier alpha value is -3.38. The van der Waals surface area contributed by atoms with Crippen LogP contribution in [-0.4, -0.2) is 16.8 Å². The summed E-state index contributed by atoms with van der Waals surface area (Å²) in [6.07, 6.45) is 3.45. The van der Waals surface area contributed by atoms with Gasteiger partial charge in [0, 0.05) is 23.5 Å². The van der Waals surface area contributed by atoms with E-state index in [-0.39, 0.29) is 5.56 Å². The number of hydrazine groups is 1. The fourth-order valence-corrected chi connectivity index (χ4v) is 3.07. The second-order valence-electron chi connectivity index (χ2n) is 6.48. The number of amides is 2. The quantitative estimate of drug-likeness (QED) is 0.624. The number of aryl methyl sites for hydroxylation is 2. The Balaban J connectivity index is 1.65. The van der Waals surface area contributed by atoms with Crippen LogP contribution in [0.15, 0.2) is 60.9 Å². The molecule has 29 heavy (non-hydrogen) atoms. The Morgan fingerprint density at radius 1 is 1.00 bits per heavy atom. The molecule has 0 unspecified atom stereocenters. The number of benzene rings is 2. The summed E-state index contributed by atoms with van der Waals surface area (Å²) in [5, 5.41) is 0.307. The molecule has 6 nitrogen and oxygen atoms in total. The highest BCUT2D eigenvalue weighted by atomic mass is 35.5. The zero-order chi connectivity index (χ0) is 20.8. The highest BCUT2D eigenvalue weighted by Gasteiger charge is 2.14. The zero-order valence-corrected chi connectivity index (χ0v) is 16.8. The third kappa shape index (κ3) is 5.12.